The number of hydrogen-bond donors (Lipinski definition) is 2. The Balaban J connectivity index is 1.25. The summed E-state index contributed by atoms with van der Waals surface area (Å²) in [5.74, 6) is -0.458. The van der Waals surface area contributed by atoms with Gasteiger partial charge in [-0.05, 0) is 55.3 Å². The zero-order valence-corrected chi connectivity index (χ0v) is 17.9. The minimum absolute atomic E-state index is 0.0522. The topological polar surface area (TPSA) is 78.1 Å². The second kappa shape index (κ2) is 9.34. The lowest BCUT2D eigenvalue weighted by Gasteiger charge is -2.25. The van der Waals surface area contributed by atoms with Gasteiger partial charge in [-0.25, -0.2) is 4.39 Å². The summed E-state index contributed by atoms with van der Waals surface area (Å²) in [5.41, 5.74) is 3.37. The maximum absolute atomic E-state index is 13.1. The lowest BCUT2D eigenvalue weighted by Crippen LogP contribution is -2.36. The first-order chi connectivity index (χ1) is 15.0. The third kappa shape index (κ3) is 5.14. The molecule has 1 aliphatic heterocycles. The molecule has 31 heavy (non-hydrogen) atoms. The summed E-state index contributed by atoms with van der Waals surface area (Å²) in [6.07, 6.45) is 1.66. The number of nitrogens with one attached hydrogen (secondary N) is 2. The number of H-pyrrole nitrogens is 1. The van der Waals surface area contributed by atoms with Crippen molar-refractivity contribution >= 4 is 29.3 Å². The van der Waals surface area contributed by atoms with E-state index >= 15 is 0 Å². The van der Waals surface area contributed by atoms with Gasteiger partial charge in [-0.3, -0.25) is 14.7 Å². The fraction of sp³-hybridized carbons (Fsp3) is 0.261. The molecule has 0 saturated heterocycles. The lowest BCUT2D eigenvalue weighted by molar-refractivity contribution is -0.131. The van der Waals surface area contributed by atoms with Crippen molar-refractivity contribution in [2.45, 2.75) is 29.4 Å². The molecular formula is C23H23FN4O2S. The molecule has 0 fully saturated rings. The molecule has 2 heterocycles. The summed E-state index contributed by atoms with van der Waals surface area (Å²) in [4.78, 5) is 27.6. The van der Waals surface area contributed by atoms with Crippen molar-refractivity contribution in [1.29, 1.82) is 0 Å². The van der Waals surface area contributed by atoms with Gasteiger partial charge in [-0.1, -0.05) is 12.1 Å². The van der Waals surface area contributed by atoms with Crippen LogP contribution in [0.2, 0.25) is 0 Å². The number of fused-ring (bicyclic) bond motifs is 1. The standard InChI is InChI=1S/C23H23FN4O2S/c1-28(22(29)14-21-23(30)25-18-6-2-3-7-20(18)31-21)12-4-5-17-13-19(27-26-17)15-8-10-16(24)11-9-15/h2-3,6-11,13,21H,4-5,12,14H2,1H3,(H,25,30)(H,26,27). The van der Waals surface area contributed by atoms with Gasteiger partial charge in [0.1, 0.15) is 5.82 Å². The number of aromatic nitrogens is 2. The third-order valence-corrected chi connectivity index (χ3v) is 6.48. The summed E-state index contributed by atoms with van der Waals surface area (Å²) >= 11 is 1.44. The van der Waals surface area contributed by atoms with Gasteiger partial charge in [0.2, 0.25) is 11.8 Å². The second-order valence-electron chi connectivity index (χ2n) is 7.50. The van der Waals surface area contributed by atoms with Crippen molar-refractivity contribution < 1.29 is 14.0 Å². The monoisotopic (exact) mass is 438 g/mol. The quantitative estimate of drug-likeness (QED) is 0.582. The highest BCUT2D eigenvalue weighted by molar-refractivity contribution is 8.01. The van der Waals surface area contributed by atoms with Crippen LogP contribution in [-0.4, -0.2) is 45.8 Å². The van der Waals surface area contributed by atoms with Gasteiger partial charge in [0.15, 0.2) is 0 Å². The smallest absolute Gasteiger partial charge is 0.238 e. The number of rotatable bonds is 7. The van der Waals surface area contributed by atoms with E-state index in [2.05, 4.69) is 15.5 Å². The molecule has 8 heteroatoms. The minimum atomic E-state index is -0.421. The Morgan fingerprint density at radius 2 is 1.97 bits per heavy atom. The van der Waals surface area contributed by atoms with E-state index in [1.165, 1.54) is 23.9 Å². The molecule has 0 spiro atoms. The van der Waals surface area contributed by atoms with Crippen molar-refractivity contribution in [3.8, 4) is 11.3 Å². The van der Waals surface area contributed by atoms with E-state index in [1.54, 1.807) is 24.1 Å². The van der Waals surface area contributed by atoms with Crippen LogP contribution in [0.4, 0.5) is 10.1 Å². The number of amides is 2. The van der Waals surface area contributed by atoms with Crippen molar-refractivity contribution in [2.24, 2.45) is 0 Å². The number of thioether (sulfide) groups is 1. The van der Waals surface area contributed by atoms with Crippen LogP contribution in [0.5, 0.6) is 0 Å². The number of carbonyl (C=O) groups excluding carboxylic acids is 2. The molecule has 0 radical (unpaired) electrons. The van der Waals surface area contributed by atoms with E-state index in [4.69, 9.17) is 0 Å². The number of para-hydroxylation sites is 1. The Bertz CT molecular complexity index is 1080. The van der Waals surface area contributed by atoms with Gasteiger partial charge < -0.3 is 10.2 Å². The molecule has 1 aromatic heterocycles. The molecule has 0 saturated carbocycles. The number of halogens is 1. The Morgan fingerprint density at radius 3 is 2.77 bits per heavy atom. The van der Waals surface area contributed by atoms with E-state index in [0.29, 0.717) is 6.54 Å². The van der Waals surface area contributed by atoms with Crippen LogP contribution < -0.4 is 5.32 Å². The lowest BCUT2D eigenvalue weighted by atomic mass is 10.1. The summed E-state index contributed by atoms with van der Waals surface area (Å²) in [6, 6.07) is 15.8. The highest BCUT2D eigenvalue weighted by Crippen LogP contribution is 2.36. The van der Waals surface area contributed by atoms with Gasteiger partial charge in [-0.15, -0.1) is 11.8 Å². The molecule has 1 atom stereocenters. The van der Waals surface area contributed by atoms with Crippen LogP contribution in [0.3, 0.4) is 0 Å². The largest absolute Gasteiger partial charge is 0.346 e. The predicted molar refractivity (Wildman–Crippen MR) is 119 cm³/mol. The van der Waals surface area contributed by atoms with E-state index in [1.807, 2.05) is 30.3 Å². The van der Waals surface area contributed by atoms with Crippen molar-refractivity contribution in [2.75, 3.05) is 18.9 Å². The Hall–Kier alpha value is -3.13. The maximum Gasteiger partial charge on any atom is 0.238 e. The van der Waals surface area contributed by atoms with Crippen molar-refractivity contribution in [3.63, 3.8) is 0 Å². The molecular weight excluding hydrogens is 415 g/mol. The fourth-order valence-corrected chi connectivity index (χ4v) is 4.53. The van der Waals surface area contributed by atoms with E-state index in [0.717, 1.165) is 40.4 Å². The van der Waals surface area contributed by atoms with E-state index in [-0.39, 0.29) is 24.1 Å². The number of hydrogen-bond acceptors (Lipinski definition) is 4. The molecule has 160 valence electrons. The summed E-state index contributed by atoms with van der Waals surface area (Å²) in [6.45, 7) is 0.583. The predicted octanol–water partition coefficient (Wildman–Crippen LogP) is 4.11. The Kier molecular flexibility index (Phi) is 6.36. The van der Waals surface area contributed by atoms with Crippen LogP contribution in [0, 0.1) is 5.82 Å². The normalized spacial score (nSPS) is 15.3. The van der Waals surface area contributed by atoms with E-state index < -0.39 is 5.25 Å². The molecule has 2 amide bonds. The highest BCUT2D eigenvalue weighted by Gasteiger charge is 2.29. The molecule has 2 N–H and O–H groups in total. The zero-order valence-electron chi connectivity index (χ0n) is 17.1. The van der Waals surface area contributed by atoms with Gasteiger partial charge in [-0.2, -0.15) is 5.10 Å². The van der Waals surface area contributed by atoms with Gasteiger partial charge in [0.25, 0.3) is 0 Å². The zero-order chi connectivity index (χ0) is 21.8. The molecule has 0 aliphatic carbocycles. The number of carbonyl (C=O) groups is 2. The number of benzene rings is 2. The first-order valence-corrected chi connectivity index (χ1v) is 11.0. The number of anilines is 1. The maximum atomic E-state index is 13.1. The highest BCUT2D eigenvalue weighted by atomic mass is 32.2. The summed E-state index contributed by atoms with van der Waals surface area (Å²) in [7, 11) is 1.76. The molecule has 2 aromatic carbocycles. The molecule has 4 rings (SSSR count). The van der Waals surface area contributed by atoms with Crippen molar-refractivity contribution in [3.05, 3.63) is 66.1 Å². The molecule has 3 aromatic rings. The average Bonchev–Trinajstić information content (AvgIpc) is 3.23. The average molecular weight is 439 g/mol. The van der Waals surface area contributed by atoms with Gasteiger partial charge in [0.05, 0.1) is 16.6 Å². The van der Waals surface area contributed by atoms with Crippen LogP contribution in [-0.2, 0) is 16.0 Å². The van der Waals surface area contributed by atoms with Crippen LogP contribution in [0.15, 0.2) is 59.5 Å². The van der Waals surface area contributed by atoms with Crippen molar-refractivity contribution in [1.82, 2.24) is 15.1 Å². The first-order valence-electron chi connectivity index (χ1n) is 10.1. The number of nitrogens with zero attached hydrogens (tertiary/aromatic N) is 2. The first kappa shape index (κ1) is 21.1. The SMILES string of the molecule is CN(CCCc1cc(-c2ccc(F)cc2)n[nH]1)C(=O)CC1Sc2ccccc2NC1=O. The Labute approximate surface area is 184 Å². The third-order valence-electron chi connectivity index (χ3n) is 5.20. The second-order valence-corrected chi connectivity index (χ2v) is 8.74. The summed E-state index contributed by atoms with van der Waals surface area (Å²) < 4.78 is 13.1. The van der Waals surface area contributed by atoms with Gasteiger partial charge >= 0.3 is 0 Å². The molecule has 6 nitrogen and oxygen atoms in total. The molecule has 1 unspecified atom stereocenters. The van der Waals surface area contributed by atoms with E-state index in [9.17, 15) is 14.0 Å². The van der Waals surface area contributed by atoms with Gasteiger partial charge in [0, 0.05) is 36.2 Å². The number of aryl methyl sites for hydroxylation is 1. The molecule has 1 aliphatic rings. The van der Waals surface area contributed by atoms with Crippen LogP contribution >= 0.6 is 11.8 Å². The summed E-state index contributed by atoms with van der Waals surface area (Å²) in [5, 5.41) is 9.73. The molecule has 0 bridgehead atoms. The minimum Gasteiger partial charge on any atom is -0.346 e. The Morgan fingerprint density at radius 1 is 1.19 bits per heavy atom. The van der Waals surface area contributed by atoms with Crippen LogP contribution in [0.25, 0.3) is 11.3 Å². The van der Waals surface area contributed by atoms with Crippen LogP contribution in [0.1, 0.15) is 18.5 Å². The fourth-order valence-electron chi connectivity index (χ4n) is 3.43. The number of aromatic amines is 1.